The lowest BCUT2D eigenvalue weighted by molar-refractivity contribution is 0.544. The van der Waals surface area contributed by atoms with Crippen LogP contribution in [0.5, 0.6) is 0 Å². The molecule has 0 saturated heterocycles. The molecule has 86 valence electrons. The van der Waals surface area contributed by atoms with E-state index in [2.05, 4.69) is 30.8 Å². The first-order valence-electron chi connectivity index (χ1n) is 4.57. The Bertz CT molecular complexity index is 388. The number of nitrogens with one attached hydrogen (secondary N) is 2. The van der Waals surface area contributed by atoms with E-state index in [1.807, 2.05) is 13.8 Å². The Morgan fingerprint density at radius 2 is 2.27 bits per heavy atom. The highest BCUT2D eigenvalue weighted by Crippen LogP contribution is 2.10. The Kier molecular flexibility index (Phi) is 4.30. The summed E-state index contributed by atoms with van der Waals surface area (Å²) >= 11 is 3.38. The van der Waals surface area contributed by atoms with E-state index < -0.39 is 10.0 Å². The predicted molar refractivity (Wildman–Crippen MR) is 61.4 cm³/mol. The fraction of sp³-hybridized carbons (Fsp3) is 0.625. The minimum absolute atomic E-state index is 0.0941. The van der Waals surface area contributed by atoms with Crippen molar-refractivity contribution in [3.05, 3.63) is 12.3 Å². The molecule has 0 aliphatic rings. The molecule has 0 radical (unpaired) electrons. The highest BCUT2D eigenvalue weighted by molar-refractivity contribution is 9.09. The van der Waals surface area contributed by atoms with Crippen LogP contribution in [-0.4, -0.2) is 29.5 Å². The van der Waals surface area contributed by atoms with Crippen LogP contribution >= 0.6 is 15.9 Å². The Morgan fingerprint density at radius 3 is 2.73 bits per heavy atom. The van der Waals surface area contributed by atoms with Crippen molar-refractivity contribution >= 4 is 26.0 Å². The molecule has 2 N–H and O–H groups in total. The summed E-state index contributed by atoms with van der Waals surface area (Å²) in [5, 5.41) is 6.12. The van der Waals surface area contributed by atoms with Crippen LogP contribution in [0.3, 0.4) is 0 Å². The maximum atomic E-state index is 11.7. The molecule has 0 spiro atoms. The molecule has 0 fully saturated rings. The number of H-pyrrole nitrogens is 1. The van der Waals surface area contributed by atoms with Gasteiger partial charge in [0.05, 0.1) is 6.20 Å². The van der Waals surface area contributed by atoms with Crippen molar-refractivity contribution in [2.24, 2.45) is 0 Å². The molecule has 1 rings (SSSR count). The summed E-state index contributed by atoms with van der Waals surface area (Å²) in [5.41, 5.74) is 0. The SMILES string of the molecule is CC(Br)CC(C)NS(=O)(=O)c1ccn[nH]1. The fourth-order valence-corrected chi connectivity index (χ4v) is 2.98. The van der Waals surface area contributed by atoms with Crippen molar-refractivity contribution in [3.63, 3.8) is 0 Å². The molecule has 2 unspecified atom stereocenters. The average Bonchev–Trinajstić information content (AvgIpc) is 2.51. The summed E-state index contributed by atoms with van der Waals surface area (Å²) < 4.78 is 25.9. The molecule has 0 saturated carbocycles. The maximum Gasteiger partial charge on any atom is 0.257 e. The van der Waals surface area contributed by atoms with Gasteiger partial charge in [0.15, 0.2) is 5.03 Å². The van der Waals surface area contributed by atoms with Crippen molar-refractivity contribution in [1.82, 2.24) is 14.9 Å². The van der Waals surface area contributed by atoms with Crippen LogP contribution in [0.1, 0.15) is 20.3 Å². The van der Waals surface area contributed by atoms with Gasteiger partial charge in [-0.3, -0.25) is 5.10 Å². The third kappa shape index (κ3) is 3.92. The second kappa shape index (κ2) is 5.09. The van der Waals surface area contributed by atoms with Crippen LogP contribution in [0.4, 0.5) is 0 Å². The molecule has 5 nitrogen and oxygen atoms in total. The summed E-state index contributed by atoms with van der Waals surface area (Å²) in [4.78, 5) is 0.275. The van der Waals surface area contributed by atoms with Gasteiger partial charge >= 0.3 is 0 Å². The van der Waals surface area contributed by atoms with Crippen molar-refractivity contribution in [2.45, 2.75) is 36.2 Å². The number of alkyl halides is 1. The number of sulfonamides is 1. The molecule has 0 bridgehead atoms. The van der Waals surface area contributed by atoms with Crippen LogP contribution in [-0.2, 0) is 10.0 Å². The van der Waals surface area contributed by atoms with Crippen LogP contribution in [0, 0.1) is 0 Å². The van der Waals surface area contributed by atoms with Crippen LogP contribution in [0.2, 0.25) is 0 Å². The molecule has 1 aromatic rings. The minimum Gasteiger partial charge on any atom is -0.266 e. The number of rotatable bonds is 5. The summed E-state index contributed by atoms with van der Waals surface area (Å²) in [7, 11) is -3.45. The third-order valence-corrected chi connectivity index (χ3v) is 3.69. The number of aromatic amines is 1. The highest BCUT2D eigenvalue weighted by atomic mass is 79.9. The van der Waals surface area contributed by atoms with Gasteiger partial charge in [0, 0.05) is 10.9 Å². The van der Waals surface area contributed by atoms with Gasteiger partial charge in [-0.1, -0.05) is 22.9 Å². The zero-order valence-electron chi connectivity index (χ0n) is 8.57. The van der Waals surface area contributed by atoms with E-state index in [0.29, 0.717) is 0 Å². The molecule has 0 aliphatic carbocycles. The van der Waals surface area contributed by atoms with E-state index in [9.17, 15) is 8.42 Å². The quantitative estimate of drug-likeness (QED) is 0.803. The number of halogens is 1. The molecule has 0 aromatic carbocycles. The van der Waals surface area contributed by atoms with Crippen LogP contribution < -0.4 is 4.72 Å². The standard InChI is InChI=1S/C8H14BrN3O2S/c1-6(9)5-7(2)12-15(13,14)8-3-4-10-11-8/h3-4,6-7,12H,5H2,1-2H3,(H,10,11). The second-order valence-corrected chi connectivity index (χ2v) is 6.71. The Balaban J connectivity index is 2.66. The van der Waals surface area contributed by atoms with Gasteiger partial charge < -0.3 is 0 Å². The first-order chi connectivity index (χ1) is 6.92. The van der Waals surface area contributed by atoms with Gasteiger partial charge in [-0.25, -0.2) is 13.1 Å². The molecular weight excluding hydrogens is 282 g/mol. The van der Waals surface area contributed by atoms with Crippen LogP contribution in [0.15, 0.2) is 17.3 Å². The predicted octanol–water partition coefficient (Wildman–Crippen LogP) is 1.25. The first kappa shape index (κ1) is 12.7. The third-order valence-electron chi connectivity index (χ3n) is 1.80. The van der Waals surface area contributed by atoms with E-state index in [-0.39, 0.29) is 15.9 Å². The molecular formula is C8H14BrN3O2S. The van der Waals surface area contributed by atoms with Crippen LogP contribution in [0.25, 0.3) is 0 Å². The average molecular weight is 296 g/mol. The molecule has 2 atom stereocenters. The molecule has 15 heavy (non-hydrogen) atoms. The van der Waals surface area contributed by atoms with Crippen molar-refractivity contribution in [3.8, 4) is 0 Å². The first-order valence-corrected chi connectivity index (χ1v) is 6.97. The summed E-state index contributed by atoms with van der Waals surface area (Å²) in [6.45, 7) is 3.80. The van der Waals surface area contributed by atoms with Crippen molar-refractivity contribution < 1.29 is 8.42 Å². The molecule has 7 heteroatoms. The Labute approximate surface area is 97.8 Å². The normalized spacial score (nSPS) is 16.2. The molecule has 1 aromatic heterocycles. The van der Waals surface area contributed by atoms with E-state index in [1.54, 1.807) is 0 Å². The van der Waals surface area contributed by atoms with Crippen molar-refractivity contribution in [1.29, 1.82) is 0 Å². The van der Waals surface area contributed by atoms with Gasteiger partial charge in [0.1, 0.15) is 0 Å². The second-order valence-electron chi connectivity index (χ2n) is 3.46. The van der Waals surface area contributed by atoms with Gasteiger partial charge in [0.2, 0.25) is 0 Å². The van der Waals surface area contributed by atoms with Gasteiger partial charge in [-0.15, -0.1) is 0 Å². The minimum atomic E-state index is -3.45. The molecule has 0 aliphatic heterocycles. The maximum absolute atomic E-state index is 11.7. The number of aromatic nitrogens is 2. The van der Waals surface area contributed by atoms with Crippen molar-refractivity contribution in [2.75, 3.05) is 0 Å². The van der Waals surface area contributed by atoms with E-state index in [4.69, 9.17) is 0 Å². The Hall–Kier alpha value is -0.400. The van der Waals surface area contributed by atoms with Gasteiger partial charge in [-0.2, -0.15) is 5.10 Å². The number of hydrogen-bond donors (Lipinski definition) is 2. The Morgan fingerprint density at radius 1 is 1.60 bits per heavy atom. The fourth-order valence-electron chi connectivity index (χ4n) is 1.26. The topological polar surface area (TPSA) is 74.8 Å². The van der Waals surface area contributed by atoms with E-state index in [1.165, 1.54) is 12.3 Å². The lowest BCUT2D eigenvalue weighted by Gasteiger charge is -2.14. The molecule has 1 heterocycles. The summed E-state index contributed by atoms with van der Waals surface area (Å²) in [6, 6.07) is 1.31. The molecule has 0 amide bonds. The summed E-state index contributed by atoms with van der Waals surface area (Å²) in [6.07, 6.45) is 2.14. The lowest BCUT2D eigenvalue weighted by atomic mass is 10.2. The number of nitrogens with zero attached hydrogens (tertiary/aromatic N) is 1. The smallest absolute Gasteiger partial charge is 0.257 e. The van der Waals surface area contributed by atoms with Gasteiger partial charge in [-0.05, 0) is 19.4 Å². The lowest BCUT2D eigenvalue weighted by Crippen LogP contribution is -2.34. The monoisotopic (exact) mass is 295 g/mol. The van der Waals surface area contributed by atoms with E-state index in [0.717, 1.165) is 6.42 Å². The summed E-state index contributed by atoms with van der Waals surface area (Å²) in [5.74, 6) is 0. The van der Waals surface area contributed by atoms with E-state index >= 15 is 0 Å². The van der Waals surface area contributed by atoms with Gasteiger partial charge in [0.25, 0.3) is 10.0 Å². The highest BCUT2D eigenvalue weighted by Gasteiger charge is 2.19. The largest absolute Gasteiger partial charge is 0.266 e. The number of hydrogen-bond acceptors (Lipinski definition) is 3. The zero-order valence-corrected chi connectivity index (χ0v) is 11.0. The zero-order chi connectivity index (χ0) is 11.5.